The molecule has 1 fully saturated rings. The first-order valence-corrected chi connectivity index (χ1v) is 9.92. The number of aromatic nitrogens is 6. The fraction of sp³-hybridized carbons (Fsp3) is 0.421. The van der Waals surface area contributed by atoms with Gasteiger partial charge in [-0.3, -0.25) is 4.79 Å². The van der Waals surface area contributed by atoms with E-state index in [9.17, 15) is 4.79 Å². The van der Waals surface area contributed by atoms with Crippen LogP contribution in [0.25, 0.3) is 5.69 Å². The highest BCUT2D eigenvalue weighted by Crippen LogP contribution is 2.32. The predicted octanol–water partition coefficient (Wildman–Crippen LogP) is 2.56. The molecule has 10 heteroatoms. The van der Waals surface area contributed by atoms with Crippen LogP contribution in [0.3, 0.4) is 0 Å². The fourth-order valence-corrected chi connectivity index (χ4v) is 4.06. The molecule has 0 bridgehead atoms. The molecule has 1 aliphatic heterocycles. The summed E-state index contributed by atoms with van der Waals surface area (Å²) < 4.78 is 9.10. The number of imidazole rings is 1. The summed E-state index contributed by atoms with van der Waals surface area (Å²) in [6.07, 6.45) is 8.06. The average molecular weight is 416 g/mol. The van der Waals surface area contributed by atoms with E-state index in [4.69, 9.17) is 16.3 Å². The maximum Gasteiger partial charge on any atom is 0.257 e. The molecular weight excluding hydrogens is 394 g/mol. The van der Waals surface area contributed by atoms with Gasteiger partial charge in [0, 0.05) is 38.0 Å². The smallest absolute Gasteiger partial charge is 0.257 e. The minimum absolute atomic E-state index is 0.102. The summed E-state index contributed by atoms with van der Waals surface area (Å²) in [6, 6.07) is 3.52. The molecule has 9 nitrogen and oxygen atoms in total. The third-order valence-electron chi connectivity index (χ3n) is 5.24. The molecule has 3 aromatic rings. The van der Waals surface area contributed by atoms with Gasteiger partial charge in [-0.25, -0.2) is 4.98 Å². The van der Waals surface area contributed by atoms with Gasteiger partial charge in [0.15, 0.2) is 0 Å². The largest absolute Gasteiger partial charge is 0.496 e. The number of tetrazole rings is 1. The number of piperidine rings is 1. The molecule has 0 spiro atoms. The van der Waals surface area contributed by atoms with Crippen LogP contribution < -0.4 is 4.74 Å². The molecule has 29 heavy (non-hydrogen) atoms. The molecule has 0 aliphatic carbocycles. The minimum Gasteiger partial charge on any atom is -0.496 e. The van der Waals surface area contributed by atoms with Crippen LogP contribution in [0.5, 0.6) is 5.75 Å². The first-order chi connectivity index (χ1) is 14.1. The van der Waals surface area contributed by atoms with Crippen LogP contribution >= 0.6 is 11.6 Å². The normalized spacial score (nSPS) is 16.8. The number of benzene rings is 1. The van der Waals surface area contributed by atoms with Crippen molar-refractivity contribution in [2.75, 3.05) is 20.2 Å². The Balaban J connectivity index is 1.61. The van der Waals surface area contributed by atoms with E-state index in [1.54, 1.807) is 12.1 Å². The SMILES string of the molecule is CCc1nccn1C1CCCN(C(=O)c2cc(Cl)c(-n3cnnn3)cc2OC)C1. The molecule has 4 rings (SSSR count). The molecule has 1 aromatic carbocycles. The second-order valence-corrected chi connectivity index (χ2v) is 7.32. The van der Waals surface area contributed by atoms with Crippen molar-refractivity contribution in [1.29, 1.82) is 0 Å². The Morgan fingerprint density at radius 1 is 1.38 bits per heavy atom. The maximum absolute atomic E-state index is 13.3. The summed E-state index contributed by atoms with van der Waals surface area (Å²) in [4.78, 5) is 19.6. The van der Waals surface area contributed by atoms with Crippen molar-refractivity contribution in [3.63, 3.8) is 0 Å². The summed E-state index contributed by atoms with van der Waals surface area (Å²) in [5, 5.41) is 11.5. The summed E-state index contributed by atoms with van der Waals surface area (Å²) in [5.41, 5.74) is 0.976. The van der Waals surface area contributed by atoms with Gasteiger partial charge in [-0.1, -0.05) is 18.5 Å². The van der Waals surface area contributed by atoms with Gasteiger partial charge >= 0.3 is 0 Å². The van der Waals surface area contributed by atoms with E-state index in [-0.39, 0.29) is 11.9 Å². The molecule has 1 saturated heterocycles. The van der Waals surface area contributed by atoms with E-state index in [2.05, 4.69) is 32.0 Å². The second kappa shape index (κ2) is 8.20. The number of nitrogens with zero attached hydrogens (tertiary/aromatic N) is 7. The van der Waals surface area contributed by atoms with Crippen LogP contribution in [0.15, 0.2) is 30.9 Å². The van der Waals surface area contributed by atoms with Gasteiger partial charge in [-0.2, -0.15) is 4.68 Å². The maximum atomic E-state index is 13.3. The summed E-state index contributed by atoms with van der Waals surface area (Å²) in [7, 11) is 1.53. The fourth-order valence-electron chi connectivity index (χ4n) is 3.81. The highest BCUT2D eigenvalue weighted by atomic mass is 35.5. The Morgan fingerprint density at radius 3 is 2.97 bits per heavy atom. The lowest BCUT2D eigenvalue weighted by molar-refractivity contribution is 0.0674. The Labute approximate surface area is 173 Å². The van der Waals surface area contributed by atoms with Crippen LogP contribution in [-0.4, -0.2) is 60.8 Å². The lowest BCUT2D eigenvalue weighted by atomic mass is 10.0. The Morgan fingerprint density at radius 2 is 2.24 bits per heavy atom. The van der Waals surface area contributed by atoms with Crippen molar-refractivity contribution in [2.24, 2.45) is 0 Å². The van der Waals surface area contributed by atoms with Crippen molar-refractivity contribution in [3.05, 3.63) is 47.3 Å². The zero-order valence-corrected chi connectivity index (χ0v) is 17.1. The van der Waals surface area contributed by atoms with Crippen molar-refractivity contribution in [2.45, 2.75) is 32.2 Å². The summed E-state index contributed by atoms with van der Waals surface area (Å²) >= 11 is 6.43. The molecule has 0 saturated carbocycles. The van der Waals surface area contributed by atoms with Gasteiger partial charge in [0.2, 0.25) is 0 Å². The van der Waals surface area contributed by atoms with E-state index in [1.807, 2.05) is 17.3 Å². The summed E-state index contributed by atoms with van der Waals surface area (Å²) in [5.74, 6) is 1.37. The van der Waals surface area contributed by atoms with E-state index >= 15 is 0 Å². The van der Waals surface area contributed by atoms with E-state index in [0.717, 1.165) is 25.1 Å². The molecule has 3 heterocycles. The van der Waals surface area contributed by atoms with Crippen LogP contribution in [0.2, 0.25) is 5.02 Å². The number of likely N-dealkylation sites (tertiary alicyclic amines) is 1. The molecule has 0 N–H and O–H groups in total. The van der Waals surface area contributed by atoms with Crippen molar-refractivity contribution >= 4 is 17.5 Å². The van der Waals surface area contributed by atoms with Crippen LogP contribution in [0.4, 0.5) is 0 Å². The monoisotopic (exact) mass is 415 g/mol. The number of ether oxygens (including phenoxy) is 1. The number of rotatable bonds is 5. The van der Waals surface area contributed by atoms with Gasteiger partial charge in [-0.05, 0) is 29.3 Å². The molecule has 2 aromatic heterocycles. The van der Waals surface area contributed by atoms with Gasteiger partial charge in [0.1, 0.15) is 17.9 Å². The third kappa shape index (κ3) is 3.69. The molecule has 1 amide bonds. The number of carbonyl (C=O) groups is 1. The lowest BCUT2D eigenvalue weighted by Gasteiger charge is -2.34. The quantitative estimate of drug-likeness (QED) is 0.636. The zero-order chi connectivity index (χ0) is 20.4. The number of amides is 1. The number of aryl methyl sites for hydroxylation is 1. The molecule has 152 valence electrons. The van der Waals surface area contributed by atoms with Gasteiger partial charge in [0.05, 0.1) is 29.4 Å². The number of hydrogen-bond donors (Lipinski definition) is 0. The van der Waals surface area contributed by atoms with Crippen LogP contribution in [-0.2, 0) is 6.42 Å². The van der Waals surface area contributed by atoms with Gasteiger partial charge < -0.3 is 14.2 Å². The molecule has 1 atom stereocenters. The van der Waals surface area contributed by atoms with Crippen molar-refractivity contribution < 1.29 is 9.53 Å². The number of hydrogen-bond acceptors (Lipinski definition) is 6. The molecular formula is C19H22ClN7O2. The van der Waals surface area contributed by atoms with Crippen molar-refractivity contribution in [3.8, 4) is 11.4 Å². The number of carbonyl (C=O) groups excluding carboxylic acids is 1. The minimum atomic E-state index is -0.102. The predicted molar refractivity (Wildman–Crippen MR) is 106 cm³/mol. The van der Waals surface area contributed by atoms with E-state index in [0.29, 0.717) is 35.1 Å². The Kier molecular flexibility index (Phi) is 5.48. The van der Waals surface area contributed by atoms with Gasteiger partial charge in [-0.15, -0.1) is 5.10 Å². The highest BCUT2D eigenvalue weighted by molar-refractivity contribution is 6.33. The van der Waals surface area contributed by atoms with Gasteiger partial charge in [0.25, 0.3) is 5.91 Å². The highest BCUT2D eigenvalue weighted by Gasteiger charge is 2.28. The third-order valence-corrected chi connectivity index (χ3v) is 5.54. The summed E-state index contributed by atoms with van der Waals surface area (Å²) in [6.45, 7) is 3.41. The Hall–Kier alpha value is -2.94. The Bertz CT molecular complexity index is 1000. The van der Waals surface area contributed by atoms with Crippen molar-refractivity contribution in [1.82, 2.24) is 34.7 Å². The lowest BCUT2D eigenvalue weighted by Crippen LogP contribution is -2.41. The first kappa shape index (κ1) is 19.4. The molecule has 1 aliphatic rings. The number of halogens is 1. The van der Waals surface area contributed by atoms with Crippen LogP contribution in [0, 0.1) is 0 Å². The molecule has 0 radical (unpaired) electrons. The second-order valence-electron chi connectivity index (χ2n) is 6.91. The van der Waals surface area contributed by atoms with Crippen LogP contribution in [0.1, 0.15) is 42.0 Å². The van der Waals surface area contributed by atoms with E-state index < -0.39 is 0 Å². The molecule has 1 unspecified atom stereocenters. The first-order valence-electron chi connectivity index (χ1n) is 9.54. The zero-order valence-electron chi connectivity index (χ0n) is 16.3. The number of methoxy groups -OCH3 is 1. The van der Waals surface area contributed by atoms with E-state index in [1.165, 1.54) is 18.1 Å². The standard InChI is InChI=1S/C19H22ClN7O2/c1-3-18-21-6-8-26(18)13-5-4-7-25(11-13)19(28)14-9-15(20)16(10-17(14)29-2)27-12-22-23-24-27/h6,8-10,12-13H,3-5,7,11H2,1-2H3. The topological polar surface area (TPSA) is 91.0 Å². The average Bonchev–Trinajstić information content (AvgIpc) is 3.45.